The highest BCUT2D eigenvalue weighted by Crippen LogP contribution is 2.18. The fraction of sp³-hybridized carbons (Fsp3) is 1.00. The smallest absolute Gasteiger partial charge is 0.0431 e. The van der Waals surface area contributed by atoms with E-state index in [1.807, 2.05) is 0 Å². The van der Waals surface area contributed by atoms with Crippen LogP contribution in [0.25, 0.3) is 0 Å². The van der Waals surface area contributed by atoms with Gasteiger partial charge in [-0.2, -0.15) is 0 Å². The van der Waals surface area contributed by atoms with Crippen molar-refractivity contribution < 1.29 is 15.3 Å². The minimum atomic E-state index is 0.322. The van der Waals surface area contributed by atoms with Gasteiger partial charge in [-0.05, 0) is 56.3 Å². The monoisotopic (exact) mass is 401 g/mol. The minimum Gasteiger partial charge on any atom is -0.396 e. The number of nitrogens with zero attached hydrogens (tertiary/aromatic N) is 1. The molecule has 0 aliphatic carbocycles. The molecule has 0 aliphatic rings. The summed E-state index contributed by atoms with van der Waals surface area (Å²) in [7, 11) is 0. The summed E-state index contributed by atoms with van der Waals surface area (Å²) in [6.45, 7) is 11.6. The van der Waals surface area contributed by atoms with Gasteiger partial charge in [-0.1, -0.05) is 59.3 Å². The summed E-state index contributed by atoms with van der Waals surface area (Å²) in [5.41, 5.74) is 0. The fourth-order valence-corrected chi connectivity index (χ4v) is 4.16. The molecule has 0 aliphatic heterocycles. The van der Waals surface area contributed by atoms with Crippen molar-refractivity contribution >= 4 is 0 Å². The molecule has 0 bridgehead atoms. The maximum absolute atomic E-state index is 8.95. The molecule has 3 atom stereocenters. The lowest BCUT2D eigenvalue weighted by molar-refractivity contribution is 0.169. The fourth-order valence-electron chi connectivity index (χ4n) is 4.16. The first kappa shape index (κ1) is 27.8. The minimum absolute atomic E-state index is 0.322. The molecule has 0 heterocycles. The number of aliphatic hydroxyl groups excluding tert-OH is 3. The molecule has 28 heavy (non-hydrogen) atoms. The third-order valence-electron chi connectivity index (χ3n) is 5.77. The van der Waals surface area contributed by atoms with E-state index in [4.69, 9.17) is 15.3 Å². The molecule has 0 saturated heterocycles. The second-order valence-corrected chi connectivity index (χ2v) is 9.25. The highest BCUT2D eigenvalue weighted by molar-refractivity contribution is 4.70. The summed E-state index contributed by atoms with van der Waals surface area (Å²) < 4.78 is 0. The molecule has 0 spiro atoms. The highest BCUT2D eigenvalue weighted by atomic mass is 16.3. The lowest BCUT2D eigenvalue weighted by atomic mass is 9.97. The van der Waals surface area contributed by atoms with E-state index < -0.39 is 0 Å². The normalized spacial score (nSPS) is 15.1. The Balaban J connectivity index is 4.38. The zero-order valence-electron chi connectivity index (χ0n) is 19.2. The maximum Gasteiger partial charge on any atom is 0.0431 e. The largest absolute Gasteiger partial charge is 0.396 e. The molecule has 0 radical (unpaired) electrons. The van der Waals surface area contributed by atoms with Gasteiger partial charge >= 0.3 is 0 Å². The van der Waals surface area contributed by atoms with Gasteiger partial charge in [-0.15, -0.1) is 0 Å². The average Bonchev–Trinajstić information content (AvgIpc) is 2.66. The Bertz CT molecular complexity index is 267. The van der Waals surface area contributed by atoms with Gasteiger partial charge in [0.15, 0.2) is 0 Å². The van der Waals surface area contributed by atoms with Crippen LogP contribution in [0.1, 0.15) is 97.8 Å². The van der Waals surface area contributed by atoms with E-state index in [1.165, 1.54) is 58.2 Å². The summed E-state index contributed by atoms with van der Waals surface area (Å²) >= 11 is 0. The number of aliphatic hydroxyl groups is 3. The van der Waals surface area contributed by atoms with Gasteiger partial charge in [0.2, 0.25) is 0 Å². The van der Waals surface area contributed by atoms with E-state index in [1.54, 1.807) is 0 Å². The molecule has 4 heteroatoms. The molecular weight excluding hydrogens is 350 g/mol. The summed E-state index contributed by atoms with van der Waals surface area (Å²) in [5.74, 6) is 2.13. The zero-order chi connectivity index (χ0) is 21.0. The van der Waals surface area contributed by atoms with E-state index >= 15 is 0 Å². The van der Waals surface area contributed by atoms with Crippen molar-refractivity contribution in [3.8, 4) is 0 Å². The van der Waals surface area contributed by atoms with E-state index in [2.05, 4.69) is 25.7 Å². The Morgan fingerprint density at radius 1 is 0.464 bits per heavy atom. The summed E-state index contributed by atoms with van der Waals surface area (Å²) in [6, 6.07) is 0. The first-order valence-corrected chi connectivity index (χ1v) is 12.1. The van der Waals surface area contributed by atoms with Gasteiger partial charge in [0.1, 0.15) is 0 Å². The van der Waals surface area contributed by atoms with Crippen LogP contribution in [0.2, 0.25) is 0 Å². The number of rotatable bonds is 21. The van der Waals surface area contributed by atoms with Crippen molar-refractivity contribution in [2.24, 2.45) is 17.8 Å². The third-order valence-corrected chi connectivity index (χ3v) is 5.77. The van der Waals surface area contributed by atoms with Crippen molar-refractivity contribution in [1.82, 2.24) is 4.90 Å². The highest BCUT2D eigenvalue weighted by Gasteiger charge is 2.16. The van der Waals surface area contributed by atoms with Crippen LogP contribution in [0.5, 0.6) is 0 Å². The van der Waals surface area contributed by atoms with Crippen molar-refractivity contribution in [1.29, 1.82) is 0 Å². The Kier molecular flexibility index (Phi) is 20.0. The Morgan fingerprint density at radius 2 is 0.750 bits per heavy atom. The SMILES string of the molecule is CC(CCCCCO)CN(CC(C)CCCCCO)CC(C)CCCCCO. The molecular formula is C24H51NO3. The maximum atomic E-state index is 8.95. The second kappa shape index (κ2) is 20.1. The topological polar surface area (TPSA) is 63.9 Å². The van der Waals surface area contributed by atoms with E-state index in [0.717, 1.165) is 38.5 Å². The number of hydrogen-bond acceptors (Lipinski definition) is 4. The van der Waals surface area contributed by atoms with E-state index in [-0.39, 0.29) is 0 Å². The lowest BCUT2D eigenvalue weighted by Crippen LogP contribution is -2.36. The first-order valence-electron chi connectivity index (χ1n) is 12.1. The predicted octanol–water partition coefficient (Wildman–Crippen LogP) is 4.85. The molecule has 3 N–H and O–H groups in total. The van der Waals surface area contributed by atoms with Gasteiger partial charge in [0.25, 0.3) is 0 Å². The number of unbranched alkanes of at least 4 members (excludes halogenated alkanes) is 6. The third kappa shape index (κ3) is 17.9. The lowest BCUT2D eigenvalue weighted by Gasteiger charge is -2.31. The van der Waals surface area contributed by atoms with Gasteiger partial charge < -0.3 is 20.2 Å². The van der Waals surface area contributed by atoms with Crippen LogP contribution in [0.15, 0.2) is 0 Å². The van der Waals surface area contributed by atoms with Crippen LogP contribution in [0.4, 0.5) is 0 Å². The van der Waals surface area contributed by atoms with Crippen molar-refractivity contribution in [3.63, 3.8) is 0 Å². The molecule has 0 fully saturated rings. The molecule has 0 rings (SSSR count). The summed E-state index contributed by atoms with van der Waals surface area (Å²) in [5, 5.41) is 26.8. The van der Waals surface area contributed by atoms with Gasteiger partial charge in [0, 0.05) is 39.5 Å². The quantitative estimate of drug-likeness (QED) is 0.240. The van der Waals surface area contributed by atoms with Gasteiger partial charge in [0.05, 0.1) is 0 Å². The average molecular weight is 402 g/mol. The second-order valence-electron chi connectivity index (χ2n) is 9.25. The van der Waals surface area contributed by atoms with E-state index in [9.17, 15) is 0 Å². The van der Waals surface area contributed by atoms with Crippen LogP contribution in [-0.4, -0.2) is 59.7 Å². The van der Waals surface area contributed by atoms with Crippen LogP contribution in [-0.2, 0) is 0 Å². The molecule has 4 nitrogen and oxygen atoms in total. The van der Waals surface area contributed by atoms with Crippen LogP contribution >= 0.6 is 0 Å². The number of hydrogen-bond donors (Lipinski definition) is 3. The molecule has 0 aromatic carbocycles. The first-order chi connectivity index (χ1) is 13.5. The molecule has 0 saturated carbocycles. The Labute approximate surface area is 175 Å². The molecule has 3 unspecified atom stereocenters. The standard InChI is InChI=1S/C24H51NO3/c1-22(13-7-4-10-16-26)19-25(20-23(2)14-8-5-11-17-27)21-24(3)15-9-6-12-18-28/h22-24,26-28H,4-21H2,1-3H3. The van der Waals surface area contributed by atoms with Crippen molar-refractivity contribution in [3.05, 3.63) is 0 Å². The van der Waals surface area contributed by atoms with Crippen molar-refractivity contribution in [2.75, 3.05) is 39.5 Å². The van der Waals surface area contributed by atoms with Gasteiger partial charge in [-0.3, -0.25) is 0 Å². The predicted molar refractivity (Wildman–Crippen MR) is 121 cm³/mol. The zero-order valence-corrected chi connectivity index (χ0v) is 19.2. The molecule has 0 aromatic rings. The van der Waals surface area contributed by atoms with Crippen LogP contribution in [0.3, 0.4) is 0 Å². The molecule has 0 aromatic heterocycles. The summed E-state index contributed by atoms with van der Waals surface area (Å²) in [4.78, 5) is 2.70. The van der Waals surface area contributed by atoms with Crippen LogP contribution in [0, 0.1) is 17.8 Å². The molecule has 0 amide bonds. The Morgan fingerprint density at radius 3 is 1.00 bits per heavy atom. The summed E-state index contributed by atoms with van der Waals surface area (Å²) in [6.07, 6.45) is 13.7. The van der Waals surface area contributed by atoms with Crippen LogP contribution < -0.4 is 0 Å². The van der Waals surface area contributed by atoms with Gasteiger partial charge in [-0.25, -0.2) is 0 Å². The van der Waals surface area contributed by atoms with Crippen molar-refractivity contribution in [2.45, 2.75) is 97.8 Å². The van der Waals surface area contributed by atoms with E-state index in [0.29, 0.717) is 37.6 Å². The Hall–Kier alpha value is -0.160. The molecule has 170 valence electrons.